The zero-order valence-electron chi connectivity index (χ0n) is 7.95. The molecule has 1 aromatic carbocycles. The molecule has 0 saturated heterocycles. The molecular weight excluding hydrogens is 209 g/mol. The van der Waals surface area contributed by atoms with Gasteiger partial charge < -0.3 is 14.9 Å². The number of nitrogens with zero attached hydrogens (tertiary/aromatic N) is 1. The van der Waals surface area contributed by atoms with Crippen molar-refractivity contribution in [1.82, 2.24) is 0 Å². The molecule has 76 valence electrons. The molecule has 3 nitrogen and oxygen atoms in total. The Bertz CT molecular complexity index is 405. The molecule has 2 N–H and O–H groups in total. The second kappa shape index (κ2) is 4.48. The van der Waals surface area contributed by atoms with E-state index in [1.54, 1.807) is 0 Å². The lowest BCUT2D eigenvalue weighted by Gasteiger charge is -2.21. The molecule has 0 fully saturated rings. The van der Waals surface area contributed by atoms with Crippen LogP contribution in [0.2, 0.25) is 0 Å². The molecule has 5 heteroatoms. The van der Waals surface area contributed by atoms with E-state index in [1.165, 1.54) is 16.1 Å². The molecule has 0 spiro atoms. The molecule has 0 radical (unpaired) electrons. The van der Waals surface area contributed by atoms with Crippen molar-refractivity contribution in [2.24, 2.45) is 0 Å². The largest absolute Gasteiger partial charge is 0.593 e. The Morgan fingerprint density at radius 1 is 1.00 bits per heavy atom. The molecule has 0 saturated carbocycles. The van der Waals surface area contributed by atoms with Crippen molar-refractivity contribution in [3.63, 3.8) is 0 Å². The van der Waals surface area contributed by atoms with E-state index in [0.717, 1.165) is 10.7 Å². The number of hydrogen-bond acceptors (Lipinski definition) is 4. The van der Waals surface area contributed by atoms with E-state index in [2.05, 4.69) is 0 Å². The first-order valence-electron chi connectivity index (χ1n) is 4.53. The molecule has 0 unspecified atom stereocenters. The summed E-state index contributed by atoms with van der Waals surface area (Å²) in [6.07, 6.45) is 0. The molecule has 15 heavy (non-hydrogen) atoms. The summed E-state index contributed by atoms with van der Waals surface area (Å²) in [6.45, 7) is 0. The minimum atomic E-state index is -1.52. The van der Waals surface area contributed by atoms with Crippen molar-refractivity contribution in [3.8, 4) is 0 Å². The second-order valence-corrected chi connectivity index (χ2v) is 3.93. The van der Waals surface area contributed by atoms with E-state index < -0.39 is 7.25 Å². The minimum Gasteiger partial charge on any atom is -0.407 e. The van der Waals surface area contributed by atoms with Crippen molar-refractivity contribution >= 4 is 29.3 Å². The maximum absolute atomic E-state index is 9.33. The predicted octanol–water partition coefficient (Wildman–Crippen LogP) is 1.86. The monoisotopic (exact) mass is 219 g/mol. The van der Waals surface area contributed by atoms with Crippen molar-refractivity contribution in [2.45, 2.75) is 0 Å². The van der Waals surface area contributed by atoms with Gasteiger partial charge in [0.1, 0.15) is 0 Å². The quantitative estimate of drug-likeness (QED) is 0.774. The fourth-order valence-corrected chi connectivity index (χ4v) is 2.14. The van der Waals surface area contributed by atoms with Crippen LogP contribution in [0.4, 0.5) is 10.7 Å². The molecule has 0 aliphatic carbocycles. The highest BCUT2D eigenvalue weighted by Gasteiger charge is 2.23. The Hall–Kier alpha value is -1.30. The summed E-state index contributed by atoms with van der Waals surface area (Å²) in [6, 6.07) is 13.0. The molecule has 0 aliphatic rings. The van der Waals surface area contributed by atoms with Crippen molar-refractivity contribution in [2.75, 3.05) is 4.81 Å². The van der Waals surface area contributed by atoms with Gasteiger partial charge in [-0.1, -0.05) is 18.2 Å². The summed E-state index contributed by atoms with van der Waals surface area (Å²) in [7, 11) is -1.52. The summed E-state index contributed by atoms with van der Waals surface area (Å²) < 4.78 is 0. The molecule has 1 heterocycles. The lowest BCUT2D eigenvalue weighted by molar-refractivity contribution is 0.407. The predicted molar refractivity (Wildman–Crippen MR) is 63.1 cm³/mol. The average molecular weight is 219 g/mol. The lowest BCUT2D eigenvalue weighted by atomic mass is 10.0. The van der Waals surface area contributed by atoms with Crippen LogP contribution >= 0.6 is 11.3 Å². The van der Waals surface area contributed by atoms with Gasteiger partial charge in [0.05, 0.1) is 5.00 Å². The first-order valence-corrected chi connectivity index (χ1v) is 5.41. The van der Waals surface area contributed by atoms with Crippen LogP contribution in [0.25, 0.3) is 0 Å². The van der Waals surface area contributed by atoms with Crippen LogP contribution in [0.15, 0.2) is 47.8 Å². The van der Waals surface area contributed by atoms with Gasteiger partial charge in [-0.25, -0.2) is 0 Å². The SMILES string of the molecule is OB(O)N(c1ccccc1)c1cccs1. The van der Waals surface area contributed by atoms with Crippen LogP contribution < -0.4 is 4.81 Å². The van der Waals surface area contributed by atoms with Crippen molar-refractivity contribution in [3.05, 3.63) is 47.8 Å². The van der Waals surface area contributed by atoms with E-state index in [-0.39, 0.29) is 0 Å². The van der Waals surface area contributed by atoms with Gasteiger partial charge in [0.15, 0.2) is 0 Å². The number of hydrogen-bond donors (Lipinski definition) is 2. The Balaban J connectivity index is 2.37. The topological polar surface area (TPSA) is 43.7 Å². The Labute approximate surface area is 92.4 Å². The number of thiophene rings is 1. The van der Waals surface area contributed by atoms with Crippen LogP contribution in [-0.2, 0) is 0 Å². The molecule has 0 atom stereocenters. The van der Waals surface area contributed by atoms with E-state index in [9.17, 15) is 10.0 Å². The number of rotatable bonds is 3. The maximum atomic E-state index is 9.33. The number of benzene rings is 1. The molecule has 2 rings (SSSR count). The third-order valence-electron chi connectivity index (χ3n) is 2.01. The van der Waals surface area contributed by atoms with E-state index >= 15 is 0 Å². The van der Waals surface area contributed by atoms with Gasteiger partial charge in [0.2, 0.25) is 0 Å². The molecule has 0 aliphatic heterocycles. The van der Waals surface area contributed by atoms with E-state index in [0.29, 0.717) is 0 Å². The summed E-state index contributed by atoms with van der Waals surface area (Å²) in [5.74, 6) is 0. The Morgan fingerprint density at radius 2 is 1.73 bits per heavy atom. The van der Waals surface area contributed by atoms with E-state index in [4.69, 9.17) is 0 Å². The Kier molecular flexibility index (Phi) is 3.06. The van der Waals surface area contributed by atoms with Gasteiger partial charge >= 0.3 is 7.25 Å². The highest BCUT2D eigenvalue weighted by atomic mass is 32.1. The zero-order chi connectivity index (χ0) is 10.7. The van der Waals surface area contributed by atoms with Crippen LogP contribution in [-0.4, -0.2) is 17.3 Å². The van der Waals surface area contributed by atoms with Crippen LogP contribution in [0.5, 0.6) is 0 Å². The third-order valence-corrected chi connectivity index (χ3v) is 2.88. The zero-order valence-corrected chi connectivity index (χ0v) is 8.76. The molecule has 1 aromatic heterocycles. The fraction of sp³-hybridized carbons (Fsp3) is 0. The number of anilines is 2. The first kappa shape index (κ1) is 10.2. The first-order chi connectivity index (χ1) is 7.29. The smallest absolute Gasteiger partial charge is 0.407 e. The van der Waals surface area contributed by atoms with Crippen molar-refractivity contribution in [1.29, 1.82) is 0 Å². The standard InChI is InChI=1S/C10H10BNO2S/c13-11(14)12(10-7-4-8-15-10)9-5-2-1-3-6-9/h1-8,13-14H. The number of para-hydroxylation sites is 1. The second-order valence-electron chi connectivity index (χ2n) is 3.00. The van der Waals surface area contributed by atoms with Gasteiger partial charge in [0, 0.05) is 5.69 Å². The minimum absolute atomic E-state index is 0.759. The summed E-state index contributed by atoms with van der Waals surface area (Å²) in [5, 5.41) is 21.3. The third kappa shape index (κ3) is 2.20. The van der Waals surface area contributed by atoms with Crippen LogP contribution in [0, 0.1) is 0 Å². The molecule has 0 bridgehead atoms. The van der Waals surface area contributed by atoms with Gasteiger partial charge in [-0.15, -0.1) is 11.3 Å². The molecular formula is C10H10BNO2S. The van der Waals surface area contributed by atoms with Gasteiger partial charge in [-0.2, -0.15) is 0 Å². The lowest BCUT2D eigenvalue weighted by Crippen LogP contribution is -2.35. The fourth-order valence-electron chi connectivity index (χ4n) is 1.37. The summed E-state index contributed by atoms with van der Waals surface area (Å²) in [4.78, 5) is 1.46. The maximum Gasteiger partial charge on any atom is 0.593 e. The average Bonchev–Trinajstić information content (AvgIpc) is 2.72. The Morgan fingerprint density at radius 3 is 2.27 bits per heavy atom. The molecule has 0 amide bonds. The molecule has 2 aromatic rings. The van der Waals surface area contributed by atoms with Gasteiger partial charge in [-0.3, -0.25) is 0 Å². The highest BCUT2D eigenvalue weighted by molar-refractivity contribution is 7.14. The summed E-state index contributed by atoms with van der Waals surface area (Å²) >= 11 is 1.46. The normalized spacial score (nSPS) is 10.0. The van der Waals surface area contributed by atoms with Crippen LogP contribution in [0.3, 0.4) is 0 Å². The van der Waals surface area contributed by atoms with Gasteiger partial charge in [0.25, 0.3) is 0 Å². The van der Waals surface area contributed by atoms with Crippen molar-refractivity contribution < 1.29 is 10.0 Å². The summed E-state index contributed by atoms with van der Waals surface area (Å²) in [5.41, 5.74) is 0.759. The van der Waals surface area contributed by atoms with Gasteiger partial charge in [-0.05, 0) is 29.6 Å². The highest BCUT2D eigenvalue weighted by Crippen LogP contribution is 2.29. The van der Waals surface area contributed by atoms with Crippen LogP contribution in [0.1, 0.15) is 0 Å². The van der Waals surface area contributed by atoms with E-state index in [1.807, 2.05) is 47.8 Å².